The Balaban J connectivity index is 1.64. The van der Waals surface area contributed by atoms with Gasteiger partial charge in [0.15, 0.2) is 0 Å². The Hall–Kier alpha value is -1.72. The van der Waals surface area contributed by atoms with Crippen molar-refractivity contribution >= 4 is 10.9 Å². The molecule has 1 saturated carbocycles. The summed E-state index contributed by atoms with van der Waals surface area (Å²) in [6, 6.07) is 8.32. The van der Waals surface area contributed by atoms with Crippen LogP contribution in [0, 0.1) is 0 Å². The second-order valence-electron chi connectivity index (χ2n) is 7.40. The second kappa shape index (κ2) is 8.11. The number of aromatic nitrogens is 2. The van der Waals surface area contributed by atoms with Crippen LogP contribution in [0.2, 0.25) is 0 Å². The summed E-state index contributed by atoms with van der Waals surface area (Å²) in [5.74, 6) is 0.742. The van der Waals surface area contributed by atoms with E-state index in [9.17, 15) is 4.79 Å². The summed E-state index contributed by atoms with van der Waals surface area (Å²) < 4.78 is 0. The molecule has 0 spiro atoms. The van der Waals surface area contributed by atoms with Gasteiger partial charge in [0.1, 0.15) is 5.82 Å². The molecule has 1 aliphatic rings. The van der Waals surface area contributed by atoms with Gasteiger partial charge in [-0.05, 0) is 46.0 Å². The van der Waals surface area contributed by atoms with E-state index in [2.05, 4.69) is 40.8 Å². The summed E-state index contributed by atoms with van der Waals surface area (Å²) in [6.07, 6.45) is 6.78. The predicted molar refractivity (Wildman–Crippen MR) is 103 cm³/mol. The molecular formula is C20H30N4O. The average Bonchev–Trinajstić information content (AvgIpc) is 2.65. The molecule has 0 saturated heterocycles. The van der Waals surface area contributed by atoms with Gasteiger partial charge in [0.25, 0.3) is 5.56 Å². The van der Waals surface area contributed by atoms with E-state index < -0.39 is 0 Å². The Bertz CT molecular complexity index is 751. The lowest BCUT2D eigenvalue weighted by atomic mass is 9.94. The Kier molecular flexibility index (Phi) is 5.86. The number of hydrogen-bond acceptors (Lipinski definition) is 4. The van der Waals surface area contributed by atoms with Gasteiger partial charge in [0, 0.05) is 19.1 Å². The SMILES string of the molecule is C[C@@H](c1nc2ccccc2c(=O)[nH]1)N(C)CCN(C)C1CCCCC1. The predicted octanol–water partition coefficient (Wildman–Crippen LogP) is 3.18. The van der Waals surface area contributed by atoms with Crippen LogP contribution in [0.1, 0.15) is 50.9 Å². The fraction of sp³-hybridized carbons (Fsp3) is 0.600. The van der Waals surface area contributed by atoms with E-state index in [1.807, 2.05) is 24.3 Å². The summed E-state index contributed by atoms with van der Waals surface area (Å²) in [5, 5.41) is 0.651. The van der Waals surface area contributed by atoms with Crippen molar-refractivity contribution in [1.82, 2.24) is 19.8 Å². The third kappa shape index (κ3) is 4.28. The van der Waals surface area contributed by atoms with Crippen molar-refractivity contribution in [2.24, 2.45) is 0 Å². The van der Waals surface area contributed by atoms with E-state index in [0.717, 1.165) is 30.5 Å². The van der Waals surface area contributed by atoms with Gasteiger partial charge in [0.2, 0.25) is 0 Å². The summed E-state index contributed by atoms with van der Waals surface area (Å²) in [7, 11) is 4.35. The van der Waals surface area contributed by atoms with Crippen LogP contribution in [0.25, 0.3) is 10.9 Å². The number of nitrogens with one attached hydrogen (secondary N) is 1. The number of H-pyrrole nitrogens is 1. The lowest BCUT2D eigenvalue weighted by molar-refractivity contribution is 0.155. The topological polar surface area (TPSA) is 52.2 Å². The highest BCUT2D eigenvalue weighted by atomic mass is 16.1. The van der Waals surface area contributed by atoms with Gasteiger partial charge < -0.3 is 9.88 Å². The first kappa shape index (κ1) is 18.1. The molecule has 1 aliphatic carbocycles. The molecule has 0 bridgehead atoms. The molecule has 25 heavy (non-hydrogen) atoms. The molecule has 5 heteroatoms. The van der Waals surface area contributed by atoms with Gasteiger partial charge in [-0.2, -0.15) is 0 Å². The van der Waals surface area contributed by atoms with Crippen LogP contribution in [-0.2, 0) is 0 Å². The minimum absolute atomic E-state index is 0.0554. The van der Waals surface area contributed by atoms with Crippen LogP contribution < -0.4 is 5.56 Å². The fourth-order valence-corrected chi connectivity index (χ4v) is 3.72. The number of para-hydroxylation sites is 1. The van der Waals surface area contributed by atoms with Crippen molar-refractivity contribution in [1.29, 1.82) is 0 Å². The molecule has 0 aliphatic heterocycles. The lowest BCUT2D eigenvalue weighted by Gasteiger charge is -2.33. The minimum atomic E-state index is -0.0554. The summed E-state index contributed by atoms with van der Waals surface area (Å²) in [5.41, 5.74) is 0.709. The fourth-order valence-electron chi connectivity index (χ4n) is 3.72. The zero-order valence-corrected chi connectivity index (χ0v) is 15.7. The highest BCUT2D eigenvalue weighted by molar-refractivity contribution is 5.77. The zero-order chi connectivity index (χ0) is 17.8. The van der Waals surface area contributed by atoms with Crippen molar-refractivity contribution in [3.63, 3.8) is 0 Å². The first-order chi connectivity index (χ1) is 12.1. The molecule has 5 nitrogen and oxygen atoms in total. The second-order valence-corrected chi connectivity index (χ2v) is 7.40. The quantitative estimate of drug-likeness (QED) is 0.876. The maximum atomic E-state index is 12.3. The summed E-state index contributed by atoms with van der Waals surface area (Å²) in [6.45, 7) is 4.11. The molecule has 136 valence electrons. The van der Waals surface area contributed by atoms with Crippen molar-refractivity contribution in [3.8, 4) is 0 Å². The molecule has 1 atom stereocenters. The number of fused-ring (bicyclic) bond motifs is 1. The Morgan fingerprint density at radius 3 is 2.64 bits per heavy atom. The lowest BCUT2D eigenvalue weighted by Crippen LogP contribution is -2.39. The average molecular weight is 342 g/mol. The first-order valence-electron chi connectivity index (χ1n) is 9.45. The van der Waals surface area contributed by atoms with Crippen molar-refractivity contribution in [2.45, 2.75) is 51.1 Å². The van der Waals surface area contributed by atoms with E-state index in [-0.39, 0.29) is 11.6 Å². The third-order valence-corrected chi connectivity index (χ3v) is 5.69. The smallest absolute Gasteiger partial charge is 0.258 e. The molecule has 1 N–H and O–H groups in total. The van der Waals surface area contributed by atoms with E-state index in [4.69, 9.17) is 0 Å². The monoisotopic (exact) mass is 342 g/mol. The van der Waals surface area contributed by atoms with E-state index in [0.29, 0.717) is 5.39 Å². The first-order valence-corrected chi connectivity index (χ1v) is 9.45. The Morgan fingerprint density at radius 1 is 1.16 bits per heavy atom. The highest BCUT2D eigenvalue weighted by Crippen LogP contribution is 2.22. The largest absolute Gasteiger partial charge is 0.309 e. The van der Waals surface area contributed by atoms with Crippen LogP contribution in [0.15, 0.2) is 29.1 Å². The van der Waals surface area contributed by atoms with Crippen molar-refractivity contribution in [3.05, 3.63) is 40.4 Å². The third-order valence-electron chi connectivity index (χ3n) is 5.69. The van der Waals surface area contributed by atoms with E-state index >= 15 is 0 Å². The number of nitrogens with zero attached hydrogens (tertiary/aromatic N) is 3. The maximum Gasteiger partial charge on any atom is 0.258 e. The summed E-state index contributed by atoms with van der Waals surface area (Å²) in [4.78, 5) is 24.7. The Morgan fingerprint density at radius 2 is 1.88 bits per heavy atom. The number of likely N-dealkylation sites (N-methyl/N-ethyl adjacent to an activating group) is 2. The van der Waals surface area contributed by atoms with Crippen LogP contribution >= 0.6 is 0 Å². The number of rotatable bonds is 6. The van der Waals surface area contributed by atoms with Gasteiger partial charge in [0.05, 0.1) is 16.9 Å². The van der Waals surface area contributed by atoms with Gasteiger partial charge in [-0.15, -0.1) is 0 Å². The van der Waals surface area contributed by atoms with Gasteiger partial charge >= 0.3 is 0 Å². The van der Waals surface area contributed by atoms with Crippen LogP contribution in [-0.4, -0.2) is 53.0 Å². The number of hydrogen-bond donors (Lipinski definition) is 1. The molecule has 1 aromatic heterocycles. The molecule has 1 fully saturated rings. The zero-order valence-electron chi connectivity index (χ0n) is 15.7. The molecular weight excluding hydrogens is 312 g/mol. The van der Waals surface area contributed by atoms with E-state index in [1.54, 1.807) is 0 Å². The molecule has 0 radical (unpaired) electrons. The Labute approximate surface area is 150 Å². The number of benzene rings is 1. The molecule has 3 rings (SSSR count). The van der Waals surface area contributed by atoms with Crippen molar-refractivity contribution in [2.75, 3.05) is 27.2 Å². The number of aromatic amines is 1. The van der Waals surface area contributed by atoms with Crippen molar-refractivity contribution < 1.29 is 0 Å². The molecule has 0 amide bonds. The van der Waals surface area contributed by atoms with E-state index in [1.165, 1.54) is 32.1 Å². The molecule has 1 heterocycles. The summed E-state index contributed by atoms with van der Waals surface area (Å²) >= 11 is 0. The molecule has 1 aromatic carbocycles. The van der Waals surface area contributed by atoms with Gasteiger partial charge in [-0.25, -0.2) is 4.98 Å². The van der Waals surface area contributed by atoms with Crippen LogP contribution in [0.4, 0.5) is 0 Å². The molecule has 2 aromatic rings. The highest BCUT2D eigenvalue weighted by Gasteiger charge is 2.20. The van der Waals surface area contributed by atoms with Crippen LogP contribution in [0.3, 0.4) is 0 Å². The van der Waals surface area contributed by atoms with Gasteiger partial charge in [-0.3, -0.25) is 9.69 Å². The molecule has 0 unspecified atom stereocenters. The normalized spacial score (nSPS) is 17.5. The standard InChI is InChI=1S/C20H30N4O/c1-15(19-21-18-12-8-7-11-17(18)20(25)22-19)23(2)13-14-24(3)16-9-5-4-6-10-16/h7-8,11-12,15-16H,4-6,9-10,13-14H2,1-3H3,(H,21,22,25)/t15-/m0/s1. The maximum absolute atomic E-state index is 12.3. The van der Waals surface area contributed by atoms with Crippen LogP contribution in [0.5, 0.6) is 0 Å². The van der Waals surface area contributed by atoms with Gasteiger partial charge in [-0.1, -0.05) is 31.4 Å². The minimum Gasteiger partial charge on any atom is -0.309 e.